The third kappa shape index (κ3) is 2.30. The molecule has 3 aromatic rings. The lowest BCUT2D eigenvalue weighted by atomic mass is 10.2. The van der Waals surface area contributed by atoms with E-state index in [-0.39, 0.29) is 5.56 Å². The summed E-state index contributed by atoms with van der Waals surface area (Å²) < 4.78 is 1.88. The van der Waals surface area contributed by atoms with Gasteiger partial charge in [0.2, 0.25) is 0 Å². The lowest BCUT2D eigenvalue weighted by molar-refractivity contribution is 0.0694. The lowest BCUT2D eigenvalue weighted by Gasteiger charge is -2.08. The largest absolute Gasteiger partial charge is 0.478 e. The van der Waals surface area contributed by atoms with Crippen LogP contribution in [0.1, 0.15) is 16.1 Å². The fraction of sp³-hybridized carbons (Fsp3) is 0.0769. The van der Waals surface area contributed by atoms with Crippen LogP contribution in [0, 0.1) is 0 Å². The van der Waals surface area contributed by atoms with Crippen molar-refractivity contribution in [3.05, 3.63) is 53.7 Å². The highest BCUT2D eigenvalue weighted by atomic mass is 32.1. The van der Waals surface area contributed by atoms with Crippen molar-refractivity contribution in [3.8, 4) is 10.7 Å². The van der Waals surface area contributed by atoms with E-state index in [0.717, 1.165) is 10.7 Å². The first-order chi connectivity index (χ1) is 9.75. The number of hydrogen-bond acceptors (Lipinski definition) is 5. The number of carboxylic acids is 1. The zero-order chi connectivity index (χ0) is 13.9. The Balaban J connectivity index is 1.97. The second-order valence-electron chi connectivity index (χ2n) is 4.04. The van der Waals surface area contributed by atoms with Gasteiger partial charge in [0.25, 0.3) is 0 Å². The summed E-state index contributed by atoms with van der Waals surface area (Å²) >= 11 is 1.58. The van der Waals surface area contributed by atoms with Gasteiger partial charge in [0.05, 0.1) is 17.1 Å². The van der Waals surface area contributed by atoms with Crippen LogP contribution >= 0.6 is 11.3 Å². The maximum atomic E-state index is 11.2. The molecule has 0 bridgehead atoms. The molecule has 0 aliphatic carbocycles. The second kappa shape index (κ2) is 5.22. The molecule has 3 heterocycles. The molecule has 0 atom stereocenters. The predicted octanol–water partition coefficient (Wildman–Crippen LogP) is 2.15. The topological polar surface area (TPSA) is 80.9 Å². The molecule has 7 heteroatoms. The normalized spacial score (nSPS) is 10.6. The van der Waals surface area contributed by atoms with Crippen molar-refractivity contribution in [2.24, 2.45) is 0 Å². The maximum absolute atomic E-state index is 11.2. The van der Waals surface area contributed by atoms with Gasteiger partial charge < -0.3 is 9.67 Å². The molecule has 100 valence electrons. The molecule has 0 saturated carbocycles. The molecule has 0 unspecified atom stereocenters. The standard InChI is InChI=1S/C13H10N4O2S/c18-13(19)9-6-14-8-16-10(9)7-17-4-3-15-12(17)11-2-1-5-20-11/h1-6,8H,7H2,(H,18,19). The molecule has 0 aliphatic rings. The fourth-order valence-electron chi connectivity index (χ4n) is 1.89. The second-order valence-corrected chi connectivity index (χ2v) is 4.99. The Hall–Kier alpha value is -2.54. The molecular weight excluding hydrogens is 276 g/mol. The van der Waals surface area contributed by atoms with Crippen LogP contribution in [-0.4, -0.2) is 30.6 Å². The van der Waals surface area contributed by atoms with Gasteiger partial charge in [0, 0.05) is 18.6 Å². The maximum Gasteiger partial charge on any atom is 0.339 e. The van der Waals surface area contributed by atoms with Crippen LogP contribution in [0.3, 0.4) is 0 Å². The van der Waals surface area contributed by atoms with E-state index in [1.807, 2.05) is 28.3 Å². The number of thiophene rings is 1. The Morgan fingerprint density at radius 2 is 2.30 bits per heavy atom. The molecule has 3 aromatic heterocycles. The summed E-state index contributed by atoms with van der Waals surface area (Å²) in [6, 6.07) is 3.92. The van der Waals surface area contributed by atoms with E-state index in [1.165, 1.54) is 12.5 Å². The lowest BCUT2D eigenvalue weighted by Crippen LogP contribution is -2.10. The monoisotopic (exact) mass is 286 g/mol. The van der Waals surface area contributed by atoms with E-state index < -0.39 is 5.97 Å². The van der Waals surface area contributed by atoms with E-state index in [2.05, 4.69) is 15.0 Å². The van der Waals surface area contributed by atoms with Crippen molar-refractivity contribution >= 4 is 17.3 Å². The van der Waals surface area contributed by atoms with Crippen molar-refractivity contribution < 1.29 is 9.90 Å². The van der Waals surface area contributed by atoms with E-state index in [0.29, 0.717) is 12.2 Å². The average Bonchev–Trinajstić information content (AvgIpc) is 3.09. The Labute approximate surface area is 118 Å². The van der Waals surface area contributed by atoms with Crippen molar-refractivity contribution in [2.75, 3.05) is 0 Å². The van der Waals surface area contributed by atoms with E-state index in [1.54, 1.807) is 17.5 Å². The third-order valence-electron chi connectivity index (χ3n) is 2.80. The van der Waals surface area contributed by atoms with Crippen molar-refractivity contribution in [2.45, 2.75) is 6.54 Å². The van der Waals surface area contributed by atoms with Crippen LogP contribution in [-0.2, 0) is 6.54 Å². The van der Waals surface area contributed by atoms with E-state index >= 15 is 0 Å². The number of nitrogens with zero attached hydrogens (tertiary/aromatic N) is 4. The number of carboxylic acid groups (broad SMARTS) is 1. The van der Waals surface area contributed by atoms with Crippen LogP contribution in [0.5, 0.6) is 0 Å². The minimum absolute atomic E-state index is 0.110. The number of hydrogen-bond donors (Lipinski definition) is 1. The highest BCUT2D eigenvalue weighted by Crippen LogP contribution is 2.23. The van der Waals surface area contributed by atoms with Crippen LogP contribution in [0.4, 0.5) is 0 Å². The first kappa shape index (κ1) is 12.5. The van der Waals surface area contributed by atoms with Gasteiger partial charge in [-0.2, -0.15) is 0 Å². The molecular formula is C13H10N4O2S. The summed E-state index contributed by atoms with van der Waals surface area (Å²) in [5, 5.41) is 11.1. The van der Waals surface area contributed by atoms with Crippen LogP contribution < -0.4 is 0 Å². The summed E-state index contributed by atoms with van der Waals surface area (Å²) in [4.78, 5) is 24.3. The van der Waals surface area contributed by atoms with Gasteiger partial charge in [-0.3, -0.25) is 0 Å². The fourth-order valence-corrected chi connectivity index (χ4v) is 2.62. The smallest absolute Gasteiger partial charge is 0.339 e. The summed E-state index contributed by atoms with van der Waals surface area (Å²) in [6.45, 7) is 0.345. The van der Waals surface area contributed by atoms with Gasteiger partial charge in [-0.15, -0.1) is 11.3 Å². The quantitative estimate of drug-likeness (QED) is 0.794. The third-order valence-corrected chi connectivity index (χ3v) is 3.67. The zero-order valence-corrected chi connectivity index (χ0v) is 11.1. The average molecular weight is 286 g/mol. The molecule has 0 amide bonds. The van der Waals surface area contributed by atoms with Gasteiger partial charge in [0.15, 0.2) is 0 Å². The minimum atomic E-state index is -1.03. The Morgan fingerprint density at radius 3 is 3.05 bits per heavy atom. The first-order valence-corrected chi connectivity index (χ1v) is 6.71. The van der Waals surface area contributed by atoms with Gasteiger partial charge >= 0.3 is 5.97 Å². The number of aromatic nitrogens is 4. The van der Waals surface area contributed by atoms with Crippen LogP contribution in [0.25, 0.3) is 10.7 Å². The van der Waals surface area contributed by atoms with E-state index in [9.17, 15) is 4.79 Å². The van der Waals surface area contributed by atoms with Crippen molar-refractivity contribution in [3.63, 3.8) is 0 Å². The van der Waals surface area contributed by atoms with Crippen LogP contribution in [0.15, 0.2) is 42.4 Å². The molecule has 0 saturated heterocycles. The van der Waals surface area contributed by atoms with Gasteiger partial charge in [-0.05, 0) is 11.4 Å². The minimum Gasteiger partial charge on any atom is -0.478 e. The number of imidazole rings is 1. The van der Waals surface area contributed by atoms with Gasteiger partial charge in [-0.1, -0.05) is 6.07 Å². The Bertz CT molecular complexity index is 736. The molecule has 1 N–H and O–H groups in total. The Morgan fingerprint density at radius 1 is 1.40 bits per heavy atom. The molecule has 3 rings (SSSR count). The SMILES string of the molecule is O=C(O)c1cncnc1Cn1ccnc1-c1cccs1. The van der Waals surface area contributed by atoms with Gasteiger partial charge in [0.1, 0.15) is 17.7 Å². The molecule has 6 nitrogen and oxygen atoms in total. The summed E-state index contributed by atoms with van der Waals surface area (Å²) in [7, 11) is 0. The zero-order valence-electron chi connectivity index (χ0n) is 10.3. The molecule has 0 radical (unpaired) electrons. The van der Waals surface area contributed by atoms with Crippen LogP contribution in [0.2, 0.25) is 0 Å². The molecule has 0 aromatic carbocycles. The molecule has 0 spiro atoms. The summed E-state index contributed by atoms with van der Waals surface area (Å²) in [6.07, 6.45) is 6.16. The molecule has 20 heavy (non-hydrogen) atoms. The van der Waals surface area contributed by atoms with Crippen molar-refractivity contribution in [1.82, 2.24) is 19.5 Å². The highest BCUT2D eigenvalue weighted by molar-refractivity contribution is 7.13. The number of carbonyl (C=O) groups is 1. The summed E-state index contributed by atoms with van der Waals surface area (Å²) in [5.74, 6) is -0.228. The molecule has 0 aliphatic heterocycles. The van der Waals surface area contributed by atoms with Crippen molar-refractivity contribution in [1.29, 1.82) is 0 Å². The Kier molecular flexibility index (Phi) is 3.26. The first-order valence-electron chi connectivity index (χ1n) is 5.83. The highest BCUT2D eigenvalue weighted by Gasteiger charge is 2.14. The number of rotatable bonds is 4. The predicted molar refractivity (Wildman–Crippen MR) is 73.6 cm³/mol. The van der Waals surface area contributed by atoms with E-state index in [4.69, 9.17) is 5.11 Å². The van der Waals surface area contributed by atoms with Gasteiger partial charge in [-0.25, -0.2) is 19.7 Å². The summed E-state index contributed by atoms with van der Waals surface area (Å²) in [5.41, 5.74) is 0.571. The molecule has 0 fully saturated rings. The number of aromatic carboxylic acids is 1.